The fourth-order valence-corrected chi connectivity index (χ4v) is 8.69. The number of hydrogen-bond acceptors (Lipinski definition) is 5. The Morgan fingerprint density at radius 2 is 0.778 bits per heavy atom. The molecule has 6 heteroatoms. The van der Waals surface area contributed by atoms with Crippen LogP contribution in [-0.2, 0) is 14.3 Å². The number of carbonyl (C=O) groups is 2. The van der Waals surface area contributed by atoms with E-state index < -0.39 is 12.1 Å². The Bertz CT molecular complexity index is 982. The summed E-state index contributed by atoms with van der Waals surface area (Å²) < 4.78 is 5.45. The normalized spacial score (nSPS) is 12.8. The molecule has 2 atom stereocenters. The van der Waals surface area contributed by atoms with Crippen LogP contribution in [0, 0.1) is 0 Å². The van der Waals surface area contributed by atoms with Gasteiger partial charge in [0.1, 0.15) is 0 Å². The summed E-state index contributed by atoms with van der Waals surface area (Å²) in [6.07, 6.45) is 63.1. The number of amides is 1. The molecule has 0 aromatic rings. The lowest BCUT2D eigenvalue weighted by Crippen LogP contribution is -2.45. The molecular weight excluding hydrogens is 779 g/mol. The number of aliphatic hydroxyl groups is 2. The van der Waals surface area contributed by atoms with Gasteiger partial charge in [0, 0.05) is 12.8 Å². The van der Waals surface area contributed by atoms with Crippen LogP contribution >= 0.6 is 0 Å². The number of unbranched alkanes of at least 4 members (excludes halogenated alkanes) is 38. The van der Waals surface area contributed by atoms with Crippen molar-refractivity contribution in [1.29, 1.82) is 0 Å². The second-order valence-electron chi connectivity index (χ2n) is 19.3. The van der Waals surface area contributed by atoms with Gasteiger partial charge in [0.2, 0.25) is 5.91 Å². The van der Waals surface area contributed by atoms with Crippen molar-refractivity contribution >= 4 is 11.9 Å². The predicted molar refractivity (Wildman–Crippen MR) is 273 cm³/mol. The molecule has 6 nitrogen and oxygen atoms in total. The monoisotopic (exact) mass is 888 g/mol. The second-order valence-corrected chi connectivity index (χ2v) is 19.3. The Labute approximate surface area is 392 Å². The van der Waals surface area contributed by atoms with Gasteiger partial charge in [-0.3, -0.25) is 9.59 Å². The van der Waals surface area contributed by atoms with Gasteiger partial charge >= 0.3 is 5.97 Å². The maximum absolute atomic E-state index is 12.4. The van der Waals surface area contributed by atoms with Crippen LogP contribution in [0.5, 0.6) is 0 Å². The van der Waals surface area contributed by atoms with E-state index in [4.69, 9.17) is 4.74 Å². The van der Waals surface area contributed by atoms with E-state index in [1.807, 2.05) is 0 Å². The molecule has 0 saturated carbocycles. The van der Waals surface area contributed by atoms with Crippen LogP contribution in [-0.4, -0.2) is 47.4 Å². The summed E-state index contributed by atoms with van der Waals surface area (Å²) >= 11 is 0. The first-order valence-electron chi connectivity index (χ1n) is 28.1. The van der Waals surface area contributed by atoms with Crippen molar-refractivity contribution in [1.82, 2.24) is 5.32 Å². The first-order chi connectivity index (χ1) is 31.0. The van der Waals surface area contributed by atoms with Crippen LogP contribution in [0.15, 0.2) is 24.3 Å². The first-order valence-corrected chi connectivity index (χ1v) is 28.1. The highest BCUT2D eigenvalue weighted by Crippen LogP contribution is 2.17. The molecule has 0 radical (unpaired) electrons. The van der Waals surface area contributed by atoms with Gasteiger partial charge < -0.3 is 20.3 Å². The second kappa shape index (κ2) is 53.0. The number of carbonyl (C=O) groups excluding carboxylic acids is 2. The standard InChI is InChI=1S/C57H109NO5/c1-3-5-7-9-11-13-15-17-23-27-31-35-39-43-47-51-57(62)63-52-48-44-40-36-32-28-25-22-20-18-19-21-24-26-30-34-38-42-46-50-56(61)58-54(53-59)55(60)49-45-41-37-33-29-16-14-12-10-8-6-4-2/h22,25,28,32,54-55,59-60H,3-21,23-24,26-27,29-31,33-53H2,1-2H3,(H,58,61)/b25-22-,32-28-. The number of allylic oxidation sites excluding steroid dienone is 4. The van der Waals surface area contributed by atoms with E-state index in [-0.39, 0.29) is 18.5 Å². The topological polar surface area (TPSA) is 95.9 Å². The average molecular weight is 889 g/mol. The smallest absolute Gasteiger partial charge is 0.305 e. The molecule has 2 unspecified atom stereocenters. The van der Waals surface area contributed by atoms with E-state index in [9.17, 15) is 19.8 Å². The van der Waals surface area contributed by atoms with Crippen molar-refractivity contribution in [2.45, 2.75) is 315 Å². The van der Waals surface area contributed by atoms with Crippen LogP contribution in [0.1, 0.15) is 303 Å². The zero-order valence-corrected chi connectivity index (χ0v) is 42.3. The van der Waals surface area contributed by atoms with Crippen LogP contribution < -0.4 is 5.32 Å². The number of rotatable bonds is 52. The van der Waals surface area contributed by atoms with E-state index >= 15 is 0 Å². The molecule has 0 fully saturated rings. The quantitative estimate of drug-likeness (QED) is 0.0321. The maximum Gasteiger partial charge on any atom is 0.305 e. The highest BCUT2D eigenvalue weighted by atomic mass is 16.5. The lowest BCUT2D eigenvalue weighted by molar-refractivity contribution is -0.143. The Kier molecular flexibility index (Phi) is 51.6. The molecule has 0 aliphatic rings. The number of ether oxygens (including phenoxy) is 1. The number of hydrogen-bond donors (Lipinski definition) is 3. The van der Waals surface area contributed by atoms with E-state index in [1.165, 1.54) is 199 Å². The van der Waals surface area contributed by atoms with Crippen LogP contribution in [0.3, 0.4) is 0 Å². The highest BCUT2D eigenvalue weighted by molar-refractivity contribution is 5.76. The third-order valence-corrected chi connectivity index (χ3v) is 13.0. The molecule has 0 aromatic carbocycles. The van der Waals surface area contributed by atoms with Crippen molar-refractivity contribution < 1.29 is 24.5 Å². The lowest BCUT2D eigenvalue weighted by Gasteiger charge is -2.22. The fourth-order valence-electron chi connectivity index (χ4n) is 8.69. The molecule has 0 saturated heterocycles. The minimum atomic E-state index is -0.669. The fraction of sp³-hybridized carbons (Fsp3) is 0.895. The molecular formula is C57H109NO5. The Morgan fingerprint density at radius 3 is 1.17 bits per heavy atom. The van der Waals surface area contributed by atoms with Crippen molar-refractivity contribution in [2.24, 2.45) is 0 Å². The molecule has 63 heavy (non-hydrogen) atoms. The van der Waals surface area contributed by atoms with E-state index in [0.717, 1.165) is 70.6 Å². The molecule has 0 spiro atoms. The summed E-state index contributed by atoms with van der Waals surface area (Å²) in [4.78, 5) is 24.5. The summed E-state index contributed by atoms with van der Waals surface area (Å²) in [7, 11) is 0. The third kappa shape index (κ3) is 49.6. The summed E-state index contributed by atoms with van der Waals surface area (Å²) in [5.74, 6) is -0.0554. The van der Waals surface area contributed by atoms with Gasteiger partial charge in [-0.25, -0.2) is 0 Å². The molecule has 372 valence electrons. The maximum atomic E-state index is 12.4. The predicted octanol–water partition coefficient (Wildman–Crippen LogP) is 17.1. The molecule has 0 aromatic heterocycles. The van der Waals surface area contributed by atoms with Gasteiger partial charge in [-0.05, 0) is 57.8 Å². The van der Waals surface area contributed by atoms with Crippen LogP contribution in [0.4, 0.5) is 0 Å². The number of esters is 1. The van der Waals surface area contributed by atoms with Crippen molar-refractivity contribution in [2.75, 3.05) is 13.2 Å². The summed E-state index contributed by atoms with van der Waals surface area (Å²) in [5, 5.41) is 23.2. The van der Waals surface area contributed by atoms with Crippen molar-refractivity contribution in [3.05, 3.63) is 24.3 Å². The minimum Gasteiger partial charge on any atom is -0.466 e. The van der Waals surface area contributed by atoms with Crippen LogP contribution in [0.25, 0.3) is 0 Å². The van der Waals surface area contributed by atoms with Gasteiger partial charge in [0.05, 0.1) is 25.4 Å². The zero-order chi connectivity index (χ0) is 45.8. The van der Waals surface area contributed by atoms with Gasteiger partial charge in [-0.15, -0.1) is 0 Å². The van der Waals surface area contributed by atoms with Gasteiger partial charge in [-0.1, -0.05) is 256 Å². The largest absolute Gasteiger partial charge is 0.466 e. The lowest BCUT2D eigenvalue weighted by atomic mass is 10.0. The SMILES string of the molecule is CCCCCCCCCCCCCCCCCC(=O)OCCCCC/C=C\C=C/CCCCCCCCCCCCC(=O)NC(CO)C(O)CCCCCCCCCCCCCC. The molecule has 3 N–H and O–H groups in total. The summed E-state index contributed by atoms with van der Waals surface area (Å²) in [6.45, 7) is 4.92. The Balaban J connectivity index is 3.46. The zero-order valence-electron chi connectivity index (χ0n) is 42.3. The molecule has 0 heterocycles. The average Bonchev–Trinajstić information content (AvgIpc) is 3.28. The highest BCUT2D eigenvalue weighted by Gasteiger charge is 2.20. The molecule has 0 aliphatic carbocycles. The summed E-state index contributed by atoms with van der Waals surface area (Å²) in [6, 6.07) is -0.547. The van der Waals surface area contributed by atoms with E-state index in [0.29, 0.717) is 25.9 Å². The van der Waals surface area contributed by atoms with Gasteiger partial charge in [0.25, 0.3) is 0 Å². The molecule has 0 bridgehead atoms. The van der Waals surface area contributed by atoms with Gasteiger partial charge in [-0.2, -0.15) is 0 Å². The molecule has 1 amide bonds. The number of aliphatic hydroxyl groups excluding tert-OH is 2. The Hall–Kier alpha value is -1.66. The van der Waals surface area contributed by atoms with Crippen molar-refractivity contribution in [3.63, 3.8) is 0 Å². The van der Waals surface area contributed by atoms with Crippen LogP contribution in [0.2, 0.25) is 0 Å². The minimum absolute atomic E-state index is 0.0104. The Morgan fingerprint density at radius 1 is 0.444 bits per heavy atom. The van der Waals surface area contributed by atoms with Gasteiger partial charge in [0.15, 0.2) is 0 Å². The third-order valence-electron chi connectivity index (χ3n) is 13.0. The summed E-state index contributed by atoms with van der Waals surface area (Å²) in [5.41, 5.74) is 0. The van der Waals surface area contributed by atoms with E-state index in [1.54, 1.807) is 0 Å². The van der Waals surface area contributed by atoms with E-state index in [2.05, 4.69) is 43.5 Å². The van der Waals surface area contributed by atoms with Crippen molar-refractivity contribution in [3.8, 4) is 0 Å². The number of nitrogens with one attached hydrogen (secondary N) is 1. The molecule has 0 aliphatic heterocycles. The molecule has 0 rings (SSSR count). The first kappa shape index (κ1) is 61.3.